The highest BCUT2D eigenvalue weighted by Crippen LogP contribution is 2.42. The Morgan fingerprint density at radius 1 is 0.371 bits per heavy atom. The molecule has 2 heterocycles. The second kappa shape index (κ2) is 80.5. The Kier molecular flexibility index (Phi) is 75.8. The Hall–Kier alpha value is -3.31. The predicted molar refractivity (Wildman–Crippen MR) is 500 cm³/mol. The second-order valence-corrected chi connectivity index (χ2v) is 39.1. The van der Waals surface area contributed by atoms with Gasteiger partial charge in [0.2, 0.25) is 11.8 Å². The third kappa shape index (κ3) is 65.3. The number of rotatable bonds is 88. The van der Waals surface area contributed by atoms with Crippen molar-refractivity contribution in [3.05, 3.63) is 0 Å². The number of ether oxygens (including phenoxy) is 7. The van der Waals surface area contributed by atoms with Crippen molar-refractivity contribution < 1.29 is 96.3 Å². The summed E-state index contributed by atoms with van der Waals surface area (Å²) in [6.45, 7) is 12.8. The molecule has 0 radical (unpaired) electrons. The number of esters is 4. The molecule has 2 fully saturated rings. The highest BCUT2D eigenvalue weighted by atomic mass is 31.2. The number of aliphatic hydroxyl groups is 4. The molecule has 2 aliphatic rings. The standard InChI is InChI=1S/C101H191N2O20P/c1-8-14-20-26-32-38-40-42-44-50-56-62-68-74-92(109)117-85(72-66-60-54-48-36-30-24-18-12-5)79-91(108)103-97-99(122-94(111)77-84(106)71-65-59-53-47-35-29-23-17-11-4)98(113)89(121-101(97)123-124(7,114)115)82-116-100-96(102-90(107)76-83(105)70-64-58-52-46-34-28-22-16-10-3)88(78-87(81-104)119-100)120-95(112)80-86(73-67-61-55-49-37-31-25-19-13-6)118-93(110)75-69-63-57-51-45-43-41-39-33-27-21-15-9-2/h83-89,96-101,104-106,113H,8-82H2,1-7H3,(H,102,107)(H,103,108)(H,114,115)/t83-,84-,85-,86-,87?,88?,89?,96+,97+,98-,99?,100-,101-/m1/s1. The van der Waals surface area contributed by atoms with Gasteiger partial charge in [0.25, 0.3) is 0 Å². The zero-order chi connectivity index (χ0) is 90.6. The van der Waals surface area contributed by atoms with Crippen LogP contribution in [0.4, 0.5) is 0 Å². The Balaban J connectivity index is 2.62. The maximum atomic E-state index is 14.8. The molecule has 0 aromatic rings. The number of aliphatic hydroxyl groups excluding tert-OH is 4. The van der Waals surface area contributed by atoms with Crippen LogP contribution in [0.25, 0.3) is 0 Å². The fraction of sp³-hybridized carbons (Fsp3) is 0.941. The Morgan fingerprint density at radius 3 is 1.03 bits per heavy atom. The van der Waals surface area contributed by atoms with Gasteiger partial charge in [0.1, 0.15) is 42.6 Å². The summed E-state index contributed by atoms with van der Waals surface area (Å²) >= 11 is 0. The van der Waals surface area contributed by atoms with E-state index in [4.69, 9.17) is 37.7 Å². The van der Waals surface area contributed by atoms with Crippen LogP contribution in [-0.4, -0.2) is 160 Å². The van der Waals surface area contributed by atoms with Gasteiger partial charge in [-0.2, -0.15) is 0 Å². The van der Waals surface area contributed by atoms with Crippen LogP contribution >= 0.6 is 7.60 Å². The molecule has 0 spiro atoms. The number of carbonyl (C=O) groups is 6. The average molecular weight is 1780 g/mol. The van der Waals surface area contributed by atoms with Crippen molar-refractivity contribution in [3.63, 3.8) is 0 Å². The van der Waals surface area contributed by atoms with Crippen molar-refractivity contribution in [2.24, 2.45) is 0 Å². The summed E-state index contributed by atoms with van der Waals surface area (Å²) in [5.41, 5.74) is 0. The van der Waals surface area contributed by atoms with Crippen molar-refractivity contribution in [2.45, 2.75) is 590 Å². The van der Waals surface area contributed by atoms with Crippen molar-refractivity contribution in [3.8, 4) is 0 Å². The first-order valence-electron chi connectivity index (χ1n) is 52.1. The van der Waals surface area contributed by atoms with Gasteiger partial charge in [0, 0.05) is 25.9 Å². The molecule has 0 bridgehead atoms. The SMILES string of the molecule is CCCCCCCCCCCCCCCC(=O)O[C@H](CCCCCCCCCCC)CC(=O)N[C@H]1C(OC(=O)C[C@H](O)CCCCCCCCCCC)[C@H](O)C(CO[C@@H]2OC(CO)CC(OC(=O)C[C@@H](CCCCCCCCCCC)OC(=O)CCCCCCCCCCCCCCC)[C@@H]2NC(=O)C[C@H](O)CCCCCCCCCCC)O[C@@H]1OP(C)(=O)O. The first-order valence-corrected chi connectivity index (χ1v) is 54.2. The quantitative estimate of drug-likeness (QED) is 0.0129. The van der Waals surface area contributed by atoms with Gasteiger partial charge in [-0.05, 0) is 51.4 Å². The summed E-state index contributed by atoms with van der Waals surface area (Å²) in [7, 11) is -4.61. The molecule has 7 N–H and O–H groups in total. The van der Waals surface area contributed by atoms with Crippen LogP contribution in [0.3, 0.4) is 0 Å². The second-order valence-electron chi connectivity index (χ2n) is 37.3. The fourth-order valence-electron chi connectivity index (χ4n) is 17.4. The minimum atomic E-state index is -4.61. The lowest BCUT2D eigenvalue weighted by Crippen LogP contribution is -2.66. The molecule has 2 saturated heterocycles. The zero-order valence-corrected chi connectivity index (χ0v) is 81.2. The van der Waals surface area contributed by atoms with Gasteiger partial charge in [-0.1, -0.05) is 414 Å². The number of hydrogen-bond donors (Lipinski definition) is 7. The molecule has 124 heavy (non-hydrogen) atoms. The summed E-state index contributed by atoms with van der Waals surface area (Å²) < 4.78 is 63.5. The van der Waals surface area contributed by atoms with Gasteiger partial charge in [-0.25, -0.2) is 0 Å². The molecule has 2 aliphatic heterocycles. The minimum absolute atomic E-state index is 0.139. The van der Waals surface area contributed by atoms with Crippen molar-refractivity contribution in [1.82, 2.24) is 10.6 Å². The van der Waals surface area contributed by atoms with Crippen molar-refractivity contribution in [2.75, 3.05) is 19.9 Å². The Morgan fingerprint density at radius 2 is 0.677 bits per heavy atom. The van der Waals surface area contributed by atoms with Crippen LogP contribution in [0, 0.1) is 0 Å². The molecule has 2 amide bonds. The predicted octanol–water partition coefficient (Wildman–Crippen LogP) is 24.6. The molecular formula is C101H191N2O20P. The third-order valence-corrected chi connectivity index (χ3v) is 25.7. The normalized spacial score (nSPS) is 20.0. The van der Waals surface area contributed by atoms with Gasteiger partial charge >= 0.3 is 31.5 Å². The van der Waals surface area contributed by atoms with Crippen LogP contribution in [0.15, 0.2) is 0 Å². The van der Waals surface area contributed by atoms with E-state index in [1.807, 2.05) is 0 Å². The largest absolute Gasteiger partial charge is 0.462 e. The monoisotopic (exact) mass is 1780 g/mol. The average Bonchev–Trinajstić information content (AvgIpc) is 0.783. The Labute approximate surface area is 756 Å². The lowest BCUT2D eigenvalue weighted by molar-refractivity contribution is -0.283. The fourth-order valence-corrected chi connectivity index (χ4v) is 18.0. The van der Waals surface area contributed by atoms with E-state index < -0.39 is 143 Å². The van der Waals surface area contributed by atoms with E-state index in [1.54, 1.807) is 0 Å². The molecule has 0 aliphatic carbocycles. The molecule has 2 rings (SSSR count). The van der Waals surface area contributed by atoms with Crippen LogP contribution in [0.2, 0.25) is 0 Å². The summed E-state index contributed by atoms with van der Waals surface area (Å²) in [5, 5.41) is 52.1. The van der Waals surface area contributed by atoms with Gasteiger partial charge in [-0.15, -0.1) is 0 Å². The van der Waals surface area contributed by atoms with Gasteiger partial charge in [0.15, 0.2) is 18.7 Å². The molecule has 0 aromatic carbocycles. The first-order chi connectivity index (χ1) is 60.2. The molecule has 730 valence electrons. The third-order valence-electron chi connectivity index (χ3n) is 25.1. The molecule has 14 atom stereocenters. The van der Waals surface area contributed by atoms with E-state index >= 15 is 0 Å². The highest BCUT2D eigenvalue weighted by molar-refractivity contribution is 7.51. The smallest absolute Gasteiger partial charge is 0.327 e. The van der Waals surface area contributed by atoms with Crippen molar-refractivity contribution >= 4 is 43.3 Å². The zero-order valence-electron chi connectivity index (χ0n) is 80.3. The number of nitrogens with one attached hydrogen (secondary N) is 2. The van der Waals surface area contributed by atoms with Gasteiger partial charge < -0.3 is 69.1 Å². The summed E-state index contributed by atoms with van der Waals surface area (Å²) in [5.74, 6) is -3.88. The van der Waals surface area contributed by atoms with E-state index in [0.717, 1.165) is 167 Å². The summed E-state index contributed by atoms with van der Waals surface area (Å²) in [4.78, 5) is 96.7. The minimum Gasteiger partial charge on any atom is -0.462 e. The molecule has 5 unspecified atom stereocenters. The summed E-state index contributed by atoms with van der Waals surface area (Å²) in [6, 6.07) is -3.05. The van der Waals surface area contributed by atoms with E-state index in [0.29, 0.717) is 57.8 Å². The maximum Gasteiger partial charge on any atom is 0.327 e. The van der Waals surface area contributed by atoms with E-state index in [2.05, 4.69) is 52.2 Å². The molecule has 0 aromatic heterocycles. The number of unbranched alkanes of at least 4 members (excludes halogenated alkanes) is 56. The molecule has 23 heteroatoms. The van der Waals surface area contributed by atoms with Crippen LogP contribution in [-0.2, 0) is 71.0 Å². The lowest BCUT2D eigenvalue weighted by atomic mass is 9.95. The number of hydrogen-bond acceptors (Lipinski definition) is 19. The number of carbonyl (C=O) groups excluding carboxylic acids is 6. The highest BCUT2D eigenvalue weighted by Gasteiger charge is 2.52. The van der Waals surface area contributed by atoms with Gasteiger partial charge in [-0.3, -0.25) is 37.9 Å². The molecule has 22 nitrogen and oxygen atoms in total. The van der Waals surface area contributed by atoms with E-state index in [1.165, 1.54) is 199 Å². The van der Waals surface area contributed by atoms with Crippen LogP contribution in [0.5, 0.6) is 0 Å². The first kappa shape index (κ1) is 117. The van der Waals surface area contributed by atoms with Crippen molar-refractivity contribution in [1.29, 1.82) is 0 Å². The summed E-state index contributed by atoms with van der Waals surface area (Å²) in [6.07, 6.45) is 53.0. The van der Waals surface area contributed by atoms with Gasteiger partial charge in [0.05, 0.1) is 57.2 Å². The van der Waals surface area contributed by atoms with Crippen LogP contribution in [0.1, 0.15) is 510 Å². The molecule has 0 saturated carbocycles. The Bertz CT molecular complexity index is 2580. The van der Waals surface area contributed by atoms with E-state index in [-0.39, 0.29) is 44.9 Å². The molecular weight excluding hydrogens is 1590 g/mol. The van der Waals surface area contributed by atoms with Crippen LogP contribution < -0.4 is 10.6 Å². The number of amides is 2. The maximum absolute atomic E-state index is 14.8. The topological polar surface area (TPSA) is 319 Å². The lowest BCUT2D eigenvalue weighted by Gasteiger charge is -2.45. The van der Waals surface area contributed by atoms with E-state index in [9.17, 15) is 58.7 Å².